The van der Waals surface area contributed by atoms with Crippen molar-refractivity contribution in [1.82, 2.24) is 0 Å². The minimum absolute atomic E-state index is 0.0909. The zero-order chi connectivity index (χ0) is 14.0. The molecule has 0 aromatic carbocycles. The largest absolute Gasteiger partial charge is 0.469 e. The van der Waals surface area contributed by atoms with Crippen LogP contribution in [0.4, 0.5) is 0 Å². The van der Waals surface area contributed by atoms with E-state index in [-0.39, 0.29) is 19.5 Å². The average molecular weight is 284 g/mol. The molecule has 9 heteroatoms. The van der Waals surface area contributed by atoms with Crippen LogP contribution < -0.4 is 0 Å². The molecule has 0 aromatic heterocycles. The second-order valence-corrected chi connectivity index (χ2v) is 4.67. The minimum Gasteiger partial charge on any atom is -0.462 e. The first-order chi connectivity index (χ1) is 8.39. The van der Waals surface area contributed by atoms with Gasteiger partial charge in [0.25, 0.3) is 6.47 Å². The molecule has 18 heavy (non-hydrogen) atoms. The van der Waals surface area contributed by atoms with Crippen LogP contribution in [-0.2, 0) is 28.2 Å². The van der Waals surface area contributed by atoms with Crippen molar-refractivity contribution < 1.29 is 37.9 Å². The third kappa shape index (κ3) is 10.2. The van der Waals surface area contributed by atoms with Crippen LogP contribution in [0.5, 0.6) is 0 Å². The van der Waals surface area contributed by atoms with E-state index in [0.29, 0.717) is 6.42 Å². The van der Waals surface area contributed by atoms with Gasteiger partial charge in [-0.3, -0.25) is 14.1 Å². The number of hydrogen-bond donors (Lipinski definition) is 2. The molecular formula is C9H17O8P. The number of hydrogen-bond acceptors (Lipinski definition) is 6. The lowest BCUT2D eigenvalue weighted by Crippen LogP contribution is -2.26. The molecule has 0 aliphatic carbocycles. The van der Waals surface area contributed by atoms with E-state index in [9.17, 15) is 14.2 Å². The third-order valence-corrected chi connectivity index (χ3v) is 2.33. The Morgan fingerprint density at radius 2 is 2.06 bits per heavy atom. The highest BCUT2D eigenvalue weighted by Gasteiger charge is 2.20. The van der Waals surface area contributed by atoms with Crippen molar-refractivity contribution in [2.75, 3.05) is 13.2 Å². The normalized spacial score (nSPS) is 12.8. The smallest absolute Gasteiger partial charge is 0.462 e. The number of phosphoric ester groups is 1. The van der Waals surface area contributed by atoms with E-state index < -0.39 is 26.5 Å². The SMILES string of the molecule is CCCCC(=O)OCC(COP(=O)(O)O)OC=O. The molecule has 0 aromatic rings. The van der Waals surface area contributed by atoms with Crippen molar-refractivity contribution in [3.8, 4) is 0 Å². The van der Waals surface area contributed by atoms with Crippen molar-refractivity contribution in [3.05, 3.63) is 0 Å². The van der Waals surface area contributed by atoms with E-state index in [4.69, 9.17) is 14.5 Å². The molecule has 0 heterocycles. The lowest BCUT2D eigenvalue weighted by atomic mass is 10.2. The Hall–Kier alpha value is -0.950. The Morgan fingerprint density at radius 3 is 2.56 bits per heavy atom. The first kappa shape index (κ1) is 17.1. The van der Waals surface area contributed by atoms with Crippen LogP contribution in [-0.4, -0.2) is 41.5 Å². The van der Waals surface area contributed by atoms with E-state index in [1.54, 1.807) is 0 Å². The molecule has 0 fully saturated rings. The van der Waals surface area contributed by atoms with E-state index in [1.807, 2.05) is 6.92 Å². The van der Waals surface area contributed by atoms with E-state index in [0.717, 1.165) is 6.42 Å². The summed E-state index contributed by atoms with van der Waals surface area (Å²) in [6, 6.07) is 0. The highest BCUT2D eigenvalue weighted by Crippen LogP contribution is 2.35. The number of carbonyl (C=O) groups is 2. The maximum absolute atomic E-state index is 11.2. The van der Waals surface area contributed by atoms with Gasteiger partial charge in [0.2, 0.25) is 0 Å². The number of carbonyl (C=O) groups excluding carboxylic acids is 2. The van der Waals surface area contributed by atoms with Crippen molar-refractivity contribution in [2.45, 2.75) is 32.3 Å². The summed E-state index contributed by atoms with van der Waals surface area (Å²) in [5.41, 5.74) is 0. The molecule has 2 N–H and O–H groups in total. The van der Waals surface area contributed by atoms with Crippen molar-refractivity contribution >= 4 is 20.3 Å². The molecule has 0 saturated heterocycles. The average Bonchev–Trinajstić information content (AvgIpc) is 2.29. The standard InChI is InChI=1S/C9H17O8P/c1-2-3-4-9(11)15-5-8(16-7-10)6-17-18(12,13)14/h7-8H,2-6H2,1H3,(H2,12,13,14). The zero-order valence-electron chi connectivity index (χ0n) is 9.98. The van der Waals surface area contributed by atoms with Gasteiger partial charge in [0.05, 0.1) is 6.61 Å². The monoisotopic (exact) mass is 284 g/mol. The first-order valence-electron chi connectivity index (χ1n) is 5.34. The highest BCUT2D eigenvalue weighted by atomic mass is 31.2. The zero-order valence-corrected chi connectivity index (χ0v) is 10.9. The van der Waals surface area contributed by atoms with Gasteiger partial charge in [0.15, 0.2) is 6.10 Å². The van der Waals surface area contributed by atoms with Gasteiger partial charge in [-0.25, -0.2) is 4.57 Å². The molecule has 0 aliphatic heterocycles. The Labute approximate surface area is 104 Å². The van der Waals surface area contributed by atoms with Gasteiger partial charge in [0, 0.05) is 6.42 Å². The molecule has 0 amide bonds. The Kier molecular flexibility index (Phi) is 8.57. The molecule has 0 saturated carbocycles. The fourth-order valence-corrected chi connectivity index (χ4v) is 1.33. The molecule has 106 valence electrons. The number of phosphoric acid groups is 1. The molecular weight excluding hydrogens is 267 g/mol. The fourth-order valence-electron chi connectivity index (χ4n) is 0.965. The molecule has 0 rings (SSSR count). The molecule has 0 aliphatic rings. The lowest BCUT2D eigenvalue weighted by Gasteiger charge is -2.15. The number of unbranched alkanes of at least 4 members (excludes halogenated alkanes) is 1. The quantitative estimate of drug-likeness (QED) is 0.335. The number of esters is 1. The Bertz CT molecular complexity index is 299. The molecule has 0 radical (unpaired) electrons. The van der Waals surface area contributed by atoms with E-state index in [2.05, 4.69) is 9.26 Å². The van der Waals surface area contributed by atoms with Crippen LogP contribution in [0, 0.1) is 0 Å². The lowest BCUT2D eigenvalue weighted by molar-refractivity contribution is -0.153. The Morgan fingerprint density at radius 1 is 1.39 bits per heavy atom. The van der Waals surface area contributed by atoms with Crippen LogP contribution in [0.3, 0.4) is 0 Å². The maximum atomic E-state index is 11.2. The second-order valence-electron chi connectivity index (χ2n) is 3.43. The summed E-state index contributed by atoms with van der Waals surface area (Å²) in [6.07, 6.45) is 0.714. The van der Waals surface area contributed by atoms with Gasteiger partial charge >= 0.3 is 13.8 Å². The molecule has 1 atom stereocenters. The van der Waals surface area contributed by atoms with E-state index in [1.165, 1.54) is 0 Å². The summed E-state index contributed by atoms with van der Waals surface area (Å²) in [6.45, 7) is 1.15. The van der Waals surface area contributed by atoms with Gasteiger partial charge in [-0.1, -0.05) is 13.3 Å². The van der Waals surface area contributed by atoms with Gasteiger partial charge in [0.1, 0.15) is 6.61 Å². The van der Waals surface area contributed by atoms with Crippen LogP contribution in [0.1, 0.15) is 26.2 Å². The Balaban J connectivity index is 3.99. The third-order valence-electron chi connectivity index (χ3n) is 1.84. The predicted octanol–water partition coefficient (Wildman–Crippen LogP) is 0.371. The van der Waals surface area contributed by atoms with Gasteiger partial charge in [-0.2, -0.15) is 0 Å². The summed E-state index contributed by atoms with van der Waals surface area (Å²) >= 11 is 0. The molecule has 0 bridgehead atoms. The fraction of sp³-hybridized carbons (Fsp3) is 0.778. The van der Waals surface area contributed by atoms with E-state index >= 15 is 0 Å². The van der Waals surface area contributed by atoms with Crippen molar-refractivity contribution in [2.24, 2.45) is 0 Å². The van der Waals surface area contributed by atoms with Gasteiger partial charge in [-0.15, -0.1) is 0 Å². The maximum Gasteiger partial charge on any atom is 0.469 e. The van der Waals surface area contributed by atoms with Crippen LogP contribution in [0.25, 0.3) is 0 Å². The number of ether oxygens (including phenoxy) is 2. The molecule has 8 nitrogen and oxygen atoms in total. The van der Waals surface area contributed by atoms with Gasteiger partial charge in [-0.05, 0) is 6.42 Å². The molecule has 0 spiro atoms. The van der Waals surface area contributed by atoms with Crippen LogP contribution in [0.2, 0.25) is 0 Å². The summed E-state index contributed by atoms with van der Waals surface area (Å²) in [5.74, 6) is -0.465. The van der Waals surface area contributed by atoms with Crippen molar-refractivity contribution in [1.29, 1.82) is 0 Å². The second kappa shape index (κ2) is 9.04. The summed E-state index contributed by atoms with van der Waals surface area (Å²) < 4.78 is 23.8. The summed E-state index contributed by atoms with van der Waals surface area (Å²) in [7, 11) is -4.64. The number of rotatable bonds is 10. The predicted molar refractivity (Wildman–Crippen MR) is 59.4 cm³/mol. The summed E-state index contributed by atoms with van der Waals surface area (Å²) in [4.78, 5) is 38.2. The van der Waals surface area contributed by atoms with Gasteiger partial charge < -0.3 is 19.3 Å². The van der Waals surface area contributed by atoms with Crippen LogP contribution in [0.15, 0.2) is 0 Å². The first-order valence-corrected chi connectivity index (χ1v) is 6.87. The topological polar surface area (TPSA) is 119 Å². The minimum atomic E-state index is -4.64. The highest BCUT2D eigenvalue weighted by molar-refractivity contribution is 7.46. The van der Waals surface area contributed by atoms with Crippen molar-refractivity contribution in [3.63, 3.8) is 0 Å². The molecule has 1 unspecified atom stereocenters. The summed E-state index contributed by atoms with van der Waals surface area (Å²) in [5, 5.41) is 0. The van der Waals surface area contributed by atoms with Crippen LogP contribution >= 0.6 is 7.82 Å².